The van der Waals surface area contributed by atoms with E-state index in [1.54, 1.807) is 11.3 Å². The molecule has 1 amide bonds. The predicted molar refractivity (Wildman–Crippen MR) is 117 cm³/mol. The third-order valence-electron chi connectivity index (χ3n) is 5.62. The largest absolute Gasteiger partial charge is 0.342 e. The van der Waals surface area contributed by atoms with Gasteiger partial charge in [-0.25, -0.2) is 9.37 Å². The van der Waals surface area contributed by atoms with Crippen molar-refractivity contribution in [2.45, 2.75) is 45.4 Å². The van der Waals surface area contributed by atoms with Crippen molar-refractivity contribution in [2.24, 2.45) is 0 Å². The number of amides is 1. The van der Waals surface area contributed by atoms with Crippen LogP contribution in [0.3, 0.4) is 0 Å². The quantitative estimate of drug-likeness (QED) is 0.590. The topological polar surface area (TPSA) is 46.1 Å². The molecule has 0 saturated carbocycles. The maximum atomic E-state index is 13.2. The molecule has 0 bridgehead atoms. The van der Waals surface area contributed by atoms with Crippen molar-refractivity contribution in [1.82, 2.24) is 14.9 Å². The van der Waals surface area contributed by atoms with Crippen LogP contribution in [0.4, 0.5) is 4.39 Å². The lowest BCUT2D eigenvalue weighted by atomic mass is 9.91. The van der Waals surface area contributed by atoms with E-state index in [1.807, 2.05) is 36.3 Å². The lowest BCUT2D eigenvalue weighted by molar-refractivity contribution is -0.131. The zero-order valence-corrected chi connectivity index (χ0v) is 18.2. The van der Waals surface area contributed by atoms with Crippen molar-refractivity contribution in [3.63, 3.8) is 0 Å². The molecule has 0 aliphatic carbocycles. The van der Waals surface area contributed by atoms with Gasteiger partial charge in [-0.15, -0.1) is 11.3 Å². The van der Waals surface area contributed by atoms with E-state index in [0.717, 1.165) is 60.0 Å². The Morgan fingerprint density at radius 1 is 1.10 bits per heavy atom. The number of aromatic nitrogens is 2. The van der Waals surface area contributed by atoms with E-state index in [4.69, 9.17) is 4.98 Å². The number of carbonyl (C=O) groups excluding carboxylic acids is 1. The van der Waals surface area contributed by atoms with Crippen LogP contribution in [0.1, 0.15) is 52.0 Å². The molecule has 3 heterocycles. The molecule has 1 fully saturated rings. The summed E-state index contributed by atoms with van der Waals surface area (Å²) in [6, 6.07) is 10.9. The van der Waals surface area contributed by atoms with Crippen LogP contribution in [0, 0.1) is 19.7 Å². The number of pyridine rings is 1. The molecule has 6 heteroatoms. The summed E-state index contributed by atoms with van der Waals surface area (Å²) in [6.07, 6.45) is 3.00. The number of piperidine rings is 1. The SMILES string of the molecule is Cc1cc(Cc2ccc(F)cc2)cc(C2CCN(C(=O)Cc3csc(C)n3)CC2)n1. The van der Waals surface area contributed by atoms with Gasteiger partial charge in [0.05, 0.1) is 17.1 Å². The van der Waals surface area contributed by atoms with Crippen molar-refractivity contribution >= 4 is 17.2 Å². The summed E-state index contributed by atoms with van der Waals surface area (Å²) < 4.78 is 13.2. The molecular weight excluding hydrogens is 397 g/mol. The molecule has 0 radical (unpaired) electrons. The zero-order valence-electron chi connectivity index (χ0n) is 17.4. The summed E-state index contributed by atoms with van der Waals surface area (Å²) in [5, 5.41) is 2.97. The summed E-state index contributed by atoms with van der Waals surface area (Å²) in [6.45, 7) is 5.50. The summed E-state index contributed by atoms with van der Waals surface area (Å²) in [5.41, 5.74) is 5.26. The van der Waals surface area contributed by atoms with Gasteiger partial charge in [-0.1, -0.05) is 12.1 Å². The van der Waals surface area contributed by atoms with Gasteiger partial charge in [-0.05, 0) is 68.5 Å². The summed E-state index contributed by atoms with van der Waals surface area (Å²) in [7, 11) is 0. The molecule has 30 heavy (non-hydrogen) atoms. The van der Waals surface area contributed by atoms with Crippen LogP contribution in [0.25, 0.3) is 0 Å². The maximum Gasteiger partial charge on any atom is 0.228 e. The lowest BCUT2D eigenvalue weighted by Gasteiger charge is -2.32. The molecule has 1 aromatic carbocycles. The molecule has 4 rings (SSSR count). The van der Waals surface area contributed by atoms with Crippen LogP contribution in [-0.4, -0.2) is 33.9 Å². The van der Waals surface area contributed by atoms with Crippen LogP contribution in [0.2, 0.25) is 0 Å². The molecule has 0 atom stereocenters. The van der Waals surface area contributed by atoms with Gasteiger partial charge in [0, 0.05) is 35.8 Å². The van der Waals surface area contributed by atoms with E-state index in [9.17, 15) is 9.18 Å². The molecule has 0 unspecified atom stereocenters. The first-order valence-electron chi connectivity index (χ1n) is 10.4. The molecule has 0 N–H and O–H groups in total. The van der Waals surface area contributed by atoms with E-state index in [-0.39, 0.29) is 11.7 Å². The zero-order chi connectivity index (χ0) is 21.1. The summed E-state index contributed by atoms with van der Waals surface area (Å²) >= 11 is 1.59. The van der Waals surface area contributed by atoms with Gasteiger partial charge in [0.2, 0.25) is 5.91 Å². The fourth-order valence-corrected chi connectivity index (χ4v) is 4.71. The van der Waals surface area contributed by atoms with Gasteiger partial charge in [0.15, 0.2) is 0 Å². The monoisotopic (exact) mass is 423 g/mol. The van der Waals surface area contributed by atoms with Crippen molar-refractivity contribution < 1.29 is 9.18 Å². The van der Waals surface area contributed by atoms with Crippen LogP contribution in [-0.2, 0) is 17.6 Å². The Morgan fingerprint density at radius 2 is 1.83 bits per heavy atom. The average Bonchev–Trinajstić information content (AvgIpc) is 3.14. The number of likely N-dealkylation sites (tertiary alicyclic amines) is 1. The second-order valence-electron chi connectivity index (χ2n) is 8.03. The first-order valence-corrected chi connectivity index (χ1v) is 11.2. The number of carbonyl (C=O) groups is 1. The van der Waals surface area contributed by atoms with Gasteiger partial charge in [-0.3, -0.25) is 9.78 Å². The van der Waals surface area contributed by atoms with Gasteiger partial charge in [0.25, 0.3) is 0 Å². The number of nitrogens with zero attached hydrogens (tertiary/aromatic N) is 3. The first-order chi connectivity index (χ1) is 14.5. The minimum Gasteiger partial charge on any atom is -0.342 e. The molecule has 1 aliphatic rings. The smallest absolute Gasteiger partial charge is 0.228 e. The summed E-state index contributed by atoms with van der Waals surface area (Å²) in [5.74, 6) is 0.312. The summed E-state index contributed by atoms with van der Waals surface area (Å²) in [4.78, 5) is 23.8. The highest BCUT2D eigenvalue weighted by Crippen LogP contribution is 2.28. The highest BCUT2D eigenvalue weighted by Gasteiger charge is 2.25. The second kappa shape index (κ2) is 9.04. The van der Waals surface area contributed by atoms with Crippen molar-refractivity contribution in [3.8, 4) is 0 Å². The fraction of sp³-hybridized carbons (Fsp3) is 0.375. The highest BCUT2D eigenvalue weighted by atomic mass is 32.1. The minimum atomic E-state index is -0.212. The van der Waals surface area contributed by atoms with Crippen molar-refractivity contribution in [3.05, 3.63) is 80.8 Å². The van der Waals surface area contributed by atoms with Crippen molar-refractivity contribution in [2.75, 3.05) is 13.1 Å². The Labute approximate surface area is 180 Å². The third kappa shape index (κ3) is 5.11. The first kappa shape index (κ1) is 20.7. The molecule has 1 saturated heterocycles. The number of hydrogen-bond donors (Lipinski definition) is 0. The number of rotatable bonds is 5. The van der Waals surface area contributed by atoms with Crippen LogP contribution in [0.15, 0.2) is 41.8 Å². The van der Waals surface area contributed by atoms with Gasteiger partial charge in [-0.2, -0.15) is 0 Å². The maximum absolute atomic E-state index is 13.2. The lowest BCUT2D eigenvalue weighted by Crippen LogP contribution is -2.39. The molecule has 0 spiro atoms. The number of halogens is 1. The van der Waals surface area contributed by atoms with E-state index in [1.165, 1.54) is 17.7 Å². The van der Waals surface area contributed by atoms with E-state index in [0.29, 0.717) is 12.3 Å². The Bertz CT molecular complexity index is 1020. The highest BCUT2D eigenvalue weighted by molar-refractivity contribution is 7.09. The van der Waals surface area contributed by atoms with Crippen LogP contribution < -0.4 is 0 Å². The Hall–Kier alpha value is -2.60. The Balaban J connectivity index is 1.38. The standard InChI is InChI=1S/C24H26FN3OS/c1-16-11-19(12-18-3-5-21(25)6-4-18)13-23(26-16)20-7-9-28(10-8-20)24(29)14-22-15-30-17(2)27-22/h3-6,11,13,15,20H,7-10,12,14H2,1-2H3. The van der Waals surface area contributed by atoms with Gasteiger partial charge in [0.1, 0.15) is 5.82 Å². The van der Waals surface area contributed by atoms with Gasteiger partial charge >= 0.3 is 0 Å². The number of aryl methyl sites for hydroxylation is 2. The van der Waals surface area contributed by atoms with Crippen LogP contribution >= 0.6 is 11.3 Å². The van der Waals surface area contributed by atoms with E-state index >= 15 is 0 Å². The number of thiazole rings is 1. The molecule has 156 valence electrons. The molecule has 1 aliphatic heterocycles. The molecule has 2 aromatic heterocycles. The third-order valence-corrected chi connectivity index (χ3v) is 6.44. The normalized spacial score (nSPS) is 14.8. The van der Waals surface area contributed by atoms with Gasteiger partial charge < -0.3 is 4.90 Å². The minimum absolute atomic E-state index is 0.160. The van der Waals surface area contributed by atoms with Crippen molar-refractivity contribution in [1.29, 1.82) is 0 Å². The molecule has 3 aromatic rings. The Kier molecular flexibility index (Phi) is 6.23. The molecule has 4 nitrogen and oxygen atoms in total. The average molecular weight is 424 g/mol. The van der Waals surface area contributed by atoms with E-state index in [2.05, 4.69) is 17.1 Å². The van der Waals surface area contributed by atoms with Crippen LogP contribution in [0.5, 0.6) is 0 Å². The number of hydrogen-bond acceptors (Lipinski definition) is 4. The fourth-order valence-electron chi connectivity index (χ4n) is 4.10. The van der Waals surface area contributed by atoms with E-state index < -0.39 is 0 Å². The number of benzene rings is 1. The predicted octanol–water partition coefficient (Wildman–Crippen LogP) is 4.83. The molecular formula is C24H26FN3OS. The second-order valence-corrected chi connectivity index (χ2v) is 9.10. The Morgan fingerprint density at radius 3 is 2.50 bits per heavy atom.